The van der Waals surface area contributed by atoms with E-state index in [2.05, 4.69) is 34.1 Å². The summed E-state index contributed by atoms with van der Waals surface area (Å²) in [6.45, 7) is 5.60. The standard InChI is InChI=1S/C14H18N4O3S2/c1-9(2)12-7-5-4-6-11(12)8-15-23(20,21)14-18-17-13(22-14)16-10(3)19/h4-7,9,15H,8H2,1-3H3,(H,16,17,19). The van der Waals surface area contributed by atoms with E-state index < -0.39 is 10.0 Å². The van der Waals surface area contributed by atoms with Gasteiger partial charge in [-0.25, -0.2) is 13.1 Å². The molecule has 0 saturated heterocycles. The summed E-state index contributed by atoms with van der Waals surface area (Å²) in [5.74, 6) is -0.0347. The maximum Gasteiger partial charge on any atom is 0.270 e. The zero-order valence-corrected chi connectivity index (χ0v) is 14.7. The Morgan fingerprint density at radius 2 is 1.96 bits per heavy atom. The van der Waals surface area contributed by atoms with Crippen LogP contribution in [0.2, 0.25) is 0 Å². The third-order valence-corrected chi connectivity index (χ3v) is 5.66. The number of carbonyl (C=O) groups excluding carboxylic acids is 1. The van der Waals surface area contributed by atoms with E-state index in [1.807, 2.05) is 24.3 Å². The van der Waals surface area contributed by atoms with E-state index in [9.17, 15) is 13.2 Å². The van der Waals surface area contributed by atoms with Gasteiger partial charge in [-0.3, -0.25) is 4.79 Å². The van der Waals surface area contributed by atoms with Gasteiger partial charge in [-0.1, -0.05) is 49.4 Å². The number of aromatic nitrogens is 2. The van der Waals surface area contributed by atoms with Crippen LogP contribution in [0.1, 0.15) is 37.8 Å². The Balaban J connectivity index is 2.13. The molecule has 0 fully saturated rings. The minimum Gasteiger partial charge on any atom is -0.301 e. The first kappa shape index (κ1) is 17.5. The van der Waals surface area contributed by atoms with E-state index in [4.69, 9.17) is 0 Å². The lowest BCUT2D eigenvalue weighted by Gasteiger charge is -2.12. The molecule has 1 aromatic carbocycles. The van der Waals surface area contributed by atoms with E-state index in [0.29, 0.717) is 5.92 Å². The van der Waals surface area contributed by atoms with Crippen molar-refractivity contribution in [2.24, 2.45) is 0 Å². The lowest BCUT2D eigenvalue weighted by Crippen LogP contribution is -2.23. The molecular weight excluding hydrogens is 336 g/mol. The number of anilines is 1. The van der Waals surface area contributed by atoms with Crippen LogP contribution in [0.25, 0.3) is 0 Å². The molecule has 9 heteroatoms. The Kier molecular flexibility index (Phi) is 5.45. The first-order valence-corrected chi connectivity index (χ1v) is 9.28. The predicted octanol–water partition coefficient (Wildman–Crippen LogP) is 2.10. The van der Waals surface area contributed by atoms with Gasteiger partial charge in [0.1, 0.15) is 0 Å². The van der Waals surface area contributed by atoms with Crippen LogP contribution in [-0.2, 0) is 21.4 Å². The zero-order chi connectivity index (χ0) is 17.0. The first-order chi connectivity index (χ1) is 10.8. The van der Waals surface area contributed by atoms with E-state index in [-0.39, 0.29) is 21.9 Å². The van der Waals surface area contributed by atoms with Crippen LogP contribution in [0.3, 0.4) is 0 Å². The molecular formula is C14H18N4O3S2. The molecule has 2 N–H and O–H groups in total. The summed E-state index contributed by atoms with van der Waals surface area (Å²) in [7, 11) is -3.77. The third-order valence-electron chi connectivity index (χ3n) is 3.05. The molecule has 0 aliphatic carbocycles. The van der Waals surface area contributed by atoms with Crippen LogP contribution in [0.4, 0.5) is 5.13 Å². The Labute approximate surface area is 139 Å². The van der Waals surface area contributed by atoms with Crippen LogP contribution in [0, 0.1) is 0 Å². The topological polar surface area (TPSA) is 101 Å². The molecule has 0 spiro atoms. The van der Waals surface area contributed by atoms with Gasteiger partial charge in [-0.2, -0.15) is 0 Å². The smallest absolute Gasteiger partial charge is 0.270 e. The molecule has 0 aliphatic rings. The molecule has 1 aromatic heterocycles. The largest absolute Gasteiger partial charge is 0.301 e. The summed E-state index contributed by atoms with van der Waals surface area (Å²) < 4.78 is 26.9. The van der Waals surface area contributed by atoms with Crippen molar-refractivity contribution < 1.29 is 13.2 Å². The number of amides is 1. The SMILES string of the molecule is CC(=O)Nc1nnc(S(=O)(=O)NCc2ccccc2C(C)C)s1. The van der Waals surface area contributed by atoms with Gasteiger partial charge in [0.05, 0.1) is 0 Å². The van der Waals surface area contributed by atoms with E-state index >= 15 is 0 Å². The molecule has 2 rings (SSSR count). The number of nitrogens with one attached hydrogen (secondary N) is 2. The van der Waals surface area contributed by atoms with Gasteiger partial charge in [0.15, 0.2) is 0 Å². The number of rotatable bonds is 6. The molecule has 0 aliphatic heterocycles. The summed E-state index contributed by atoms with van der Waals surface area (Å²) in [6, 6.07) is 7.67. The monoisotopic (exact) mass is 354 g/mol. The van der Waals surface area contributed by atoms with Crippen molar-refractivity contribution in [1.29, 1.82) is 0 Å². The second-order valence-corrected chi connectivity index (χ2v) is 8.15. The van der Waals surface area contributed by atoms with Crippen LogP contribution in [0.5, 0.6) is 0 Å². The van der Waals surface area contributed by atoms with E-state index in [0.717, 1.165) is 22.5 Å². The summed E-state index contributed by atoms with van der Waals surface area (Å²) in [5, 5.41) is 9.82. The van der Waals surface area contributed by atoms with Crippen molar-refractivity contribution in [2.45, 2.75) is 37.6 Å². The molecule has 0 unspecified atom stereocenters. The van der Waals surface area contributed by atoms with Gasteiger partial charge >= 0.3 is 0 Å². The molecule has 0 saturated carbocycles. The van der Waals surface area contributed by atoms with Gasteiger partial charge in [-0.05, 0) is 17.0 Å². The summed E-state index contributed by atoms with van der Waals surface area (Å²) in [6.07, 6.45) is 0. The van der Waals surface area contributed by atoms with Crippen molar-refractivity contribution in [3.63, 3.8) is 0 Å². The van der Waals surface area contributed by atoms with E-state index in [1.165, 1.54) is 6.92 Å². The molecule has 23 heavy (non-hydrogen) atoms. The average Bonchev–Trinajstić information content (AvgIpc) is 2.94. The fourth-order valence-corrected chi connectivity index (χ4v) is 4.01. The summed E-state index contributed by atoms with van der Waals surface area (Å²) >= 11 is 0.809. The Hall–Kier alpha value is -1.84. The van der Waals surface area contributed by atoms with Gasteiger partial charge in [0, 0.05) is 13.5 Å². The maximum absolute atomic E-state index is 12.3. The Morgan fingerprint density at radius 3 is 2.61 bits per heavy atom. The normalized spacial score (nSPS) is 11.7. The molecule has 0 radical (unpaired) electrons. The van der Waals surface area contributed by atoms with Crippen LogP contribution >= 0.6 is 11.3 Å². The van der Waals surface area contributed by atoms with Crippen LogP contribution in [0.15, 0.2) is 28.6 Å². The summed E-state index contributed by atoms with van der Waals surface area (Å²) in [5.41, 5.74) is 2.00. The number of benzene rings is 1. The second-order valence-electron chi connectivity index (χ2n) is 5.23. The van der Waals surface area contributed by atoms with Crippen molar-refractivity contribution in [3.8, 4) is 0 Å². The Morgan fingerprint density at radius 1 is 1.26 bits per heavy atom. The van der Waals surface area contributed by atoms with Gasteiger partial charge < -0.3 is 5.32 Å². The maximum atomic E-state index is 12.3. The van der Waals surface area contributed by atoms with Crippen LogP contribution < -0.4 is 10.0 Å². The number of sulfonamides is 1. The zero-order valence-electron chi connectivity index (χ0n) is 13.0. The molecule has 2 aromatic rings. The molecule has 7 nitrogen and oxygen atoms in total. The molecule has 124 valence electrons. The molecule has 1 amide bonds. The van der Waals surface area contributed by atoms with Gasteiger partial charge in [0.2, 0.25) is 15.4 Å². The van der Waals surface area contributed by atoms with E-state index in [1.54, 1.807) is 0 Å². The number of nitrogens with zero attached hydrogens (tertiary/aromatic N) is 2. The van der Waals surface area contributed by atoms with Crippen molar-refractivity contribution in [1.82, 2.24) is 14.9 Å². The highest BCUT2D eigenvalue weighted by Gasteiger charge is 2.21. The quantitative estimate of drug-likeness (QED) is 0.774. The number of hydrogen-bond donors (Lipinski definition) is 2. The molecule has 0 atom stereocenters. The lowest BCUT2D eigenvalue weighted by atomic mass is 9.97. The minimum absolute atomic E-state index is 0.153. The molecule has 1 heterocycles. The highest BCUT2D eigenvalue weighted by Crippen LogP contribution is 2.22. The fourth-order valence-electron chi connectivity index (χ4n) is 2.01. The lowest BCUT2D eigenvalue weighted by molar-refractivity contribution is -0.114. The van der Waals surface area contributed by atoms with Gasteiger partial charge in [0.25, 0.3) is 10.0 Å². The average molecular weight is 354 g/mol. The summed E-state index contributed by atoms with van der Waals surface area (Å²) in [4.78, 5) is 10.9. The molecule has 0 bridgehead atoms. The number of carbonyl (C=O) groups is 1. The third kappa shape index (κ3) is 4.57. The van der Waals surface area contributed by atoms with Gasteiger partial charge in [-0.15, -0.1) is 10.2 Å². The predicted molar refractivity (Wildman–Crippen MR) is 88.8 cm³/mol. The van der Waals surface area contributed by atoms with Crippen LogP contribution in [-0.4, -0.2) is 24.5 Å². The fraction of sp³-hybridized carbons (Fsp3) is 0.357. The van der Waals surface area contributed by atoms with Crippen molar-refractivity contribution >= 4 is 32.4 Å². The minimum atomic E-state index is -3.77. The first-order valence-electron chi connectivity index (χ1n) is 6.98. The number of hydrogen-bond acceptors (Lipinski definition) is 6. The Bertz CT molecular complexity index is 800. The highest BCUT2D eigenvalue weighted by molar-refractivity contribution is 7.91. The highest BCUT2D eigenvalue weighted by atomic mass is 32.2. The van der Waals surface area contributed by atoms with Crippen molar-refractivity contribution in [2.75, 3.05) is 5.32 Å². The van der Waals surface area contributed by atoms with Crippen molar-refractivity contribution in [3.05, 3.63) is 35.4 Å². The second kappa shape index (κ2) is 7.16.